The first-order valence-corrected chi connectivity index (χ1v) is 17.0. The van der Waals surface area contributed by atoms with Gasteiger partial charge in [0.15, 0.2) is 16.6 Å². The predicted octanol–water partition coefficient (Wildman–Crippen LogP) is 4.26. The number of rotatable bonds is 8. The van der Waals surface area contributed by atoms with Crippen molar-refractivity contribution in [2.24, 2.45) is 0 Å². The van der Waals surface area contributed by atoms with Crippen LogP contribution in [0.15, 0.2) is 0 Å². The summed E-state index contributed by atoms with van der Waals surface area (Å²) in [5.41, 5.74) is 0. The monoisotopic (exact) mass is 336 g/mol. The first-order valence-electron chi connectivity index (χ1n) is 7.63. The molecule has 0 aromatic carbocycles. The summed E-state index contributed by atoms with van der Waals surface area (Å²) in [6.07, 6.45) is 2.62. The van der Waals surface area contributed by atoms with Crippen molar-refractivity contribution in [3.05, 3.63) is 0 Å². The fraction of sp³-hybridized carbons (Fsp3) is 1.00. The Morgan fingerprint density at radius 3 is 1.65 bits per heavy atom. The molecule has 0 N–H and O–H groups in total. The van der Waals surface area contributed by atoms with Gasteiger partial charge in [-0.05, 0) is 71.6 Å². The average molecular weight is 337 g/mol. The predicted molar refractivity (Wildman–Crippen MR) is 89.9 cm³/mol. The Hall–Kier alpha value is 0.491. The molecule has 2 unspecified atom stereocenters. The number of hydrogen-bond acceptors (Lipinski definition) is 4. The van der Waals surface area contributed by atoms with Gasteiger partial charge < -0.3 is 8.23 Å². The Kier molecular flexibility index (Phi) is 6.23. The molecule has 1 aliphatic heterocycles. The topological polar surface area (TPSA) is 36.9 Å². The molecule has 0 amide bonds. The first-order chi connectivity index (χ1) is 8.90. The van der Waals surface area contributed by atoms with Crippen LogP contribution in [0.3, 0.4) is 0 Å². The molecule has 1 saturated heterocycles. The van der Waals surface area contributed by atoms with Gasteiger partial charge >= 0.3 is 8.56 Å². The van der Waals surface area contributed by atoms with Crippen molar-refractivity contribution < 1.29 is 18.0 Å². The van der Waals surface area contributed by atoms with Crippen molar-refractivity contribution in [3.63, 3.8) is 0 Å². The lowest BCUT2D eigenvalue weighted by Gasteiger charge is -2.39. The lowest BCUT2D eigenvalue weighted by molar-refractivity contribution is -0.460. The van der Waals surface area contributed by atoms with Crippen LogP contribution in [0.25, 0.3) is 0 Å². The molecule has 120 valence electrons. The van der Waals surface area contributed by atoms with E-state index in [0.717, 1.165) is 18.9 Å². The van der Waals surface area contributed by atoms with Crippen LogP contribution in [0.5, 0.6) is 0 Å². The van der Waals surface area contributed by atoms with E-state index >= 15 is 0 Å². The molecule has 1 aliphatic rings. The Balaban J connectivity index is 2.53. The normalized spacial score (nSPS) is 24.6. The van der Waals surface area contributed by atoms with Crippen molar-refractivity contribution in [2.75, 3.05) is 0 Å². The molecule has 0 aromatic heterocycles. The molecule has 0 radical (unpaired) electrons. The van der Waals surface area contributed by atoms with Crippen LogP contribution in [0.1, 0.15) is 19.8 Å². The van der Waals surface area contributed by atoms with Crippen molar-refractivity contribution in [1.29, 1.82) is 0 Å². The van der Waals surface area contributed by atoms with Crippen molar-refractivity contribution >= 4 is 25.2 Å². The molecule has 20 heavy (non-hydrogen) atoms. The molecule has 0 aromatic rings. The Bertz CT molecular complexity index is 296. The second kappa shape index (κ2) is 6.72. The molecule has 0 spiro atoms. The van der Waals surface area contributed by atoms with Gasteiger partial charge in [0, 0.05) is 0 Å². The maximum absolute atomic E-state index is 6.48. The smallest absolute Gasteiger partial charge is 0.314 e. The lowest BCUT2D eigenvalue weighted by Crippen LogP contribution is -2.52. The summed E-state index contributed by atoms with van der Waals surface area (Å²) in [6, 6.07) is 1.05. The van der Waals surface area contributed by atoms with E-state index in [1.54, 1.807) is 0 Å². The number of hydrogen-bond donors (Lipinski definition) is 0. The minimum absolute atomic E-state index is 0.235. The Morgan fingerprint density at radius 2 is 1.35 bits per heavy atom. The third kappa shape index (κ3) is 6.97. The molecule has 7 heteroatoms. The highest BCUT2D eigenvalue weighted by Gasteiger charge is 2.40. The lowest BCUT2D eigenvalue weighted by atomic mass is 10.1. The molecule has 1 rings (SSSR count). The van der Waals surface area contributed by atoms with Crippen LogP contribution in [0.2, 0.25) is 51.9 Å². The van der Waals surface area contributed by atoms with Crippen molar-refractivity contribution in [3.8, 4) is 0 Å². The van der Waals surface area contributed by atoms with Gasteiger partial charge in [0.05, 0.1) is 0 Å². The quantitative estimate of drug-likeness (QED) is 0.490. The maximum atomic E-state index is 6.48. The van der Waals surface area contributed by atoms with Crippen molar-refractivity contribution in [1.82, 2.24) is 0 Å². The van der Waals surface area contributed by atoms with Crippen LogP contribution in [-0.2, 0) is 18.0 Å². The van der Waals surface area contributed by atoms with Crippen LogP contribution in [0.4, 0.5) is 0 Å². The summed E-state index contributed by atoms with van der Waals surface area (Å²) in [5, 5.41) is 0. The zero-order valence-electron chi connectivity index (χ0n) is 14.4. The fourth-order valence-corrected chi connectivity index (χ4v) is 15.1. The summed E-state index contributed by atoms with van der Waals surface area (Å²) >= 11 is 0. The van der Waals surface area contributed by atoms with Gasteiger partial charge in [0.25, 0.3) is 0 Å². The standard InChI is InChI=1S/C13H32O4Si3/c1-12-13(15-14-12)10-9-11-20(8,16-18(2,3)4)17-19(5,6)7/h12-13H,9-11H2,1-8H3. The van der Waals surface area contributed by atoms with E-state index in [0.29, 0.717) is 0 Å². The zero-order valence-corrected chi connectivity index (χ0v) is 17.4. The van der Waals surface area contributed by atoms with Gasteiger partial charge in [-0.2, -0.15) is 0 Å². The minimum Gasteiger partial charge on any atom is -0.437 e. The van der Waals surface area contributed by atoms with E-state index in [9.17, 15) is 0 Å². The maximum Gasteiger partial charge on any atom is 0.314 e. The van der Waals surface area contributed by atoms with E-state index in [2.05, 4.69) is 52.8 Å². The second-order valence-corrected chi connectivity index (χ2v) is 20.7. The van der Waals surface area contributed by atoms with Gasteiger partial charge in [0.2, 0.25) is 0 Å². The molecule has 1 fully saturated rings. The van der Waals surface area contributed by atoms with Crippen molar-refractivity contribution in [2.45, 2.75) is 83.8 Å². The molecule has 0 bridgehead atoms. The van der Waals surface area contributed by atoms with E-state index < -0.39 is 25.2 Å². The summed E-state index contributed by atoms with van der Waals surface area (Å²) in [4.78, 5) is 10.1. The largest absolute Gasteiger partial charge is 0.437 e. The average Bonchev–Trinajstić information content (AvgIpc) is 2.16. The summed E-state index contributed by atoms with van der Waals surface area (Å²) in [7, 11) is -5.22. The molecule has 0 saturated carbocycles. The Labute approximate surface area is 127 Å². The SMILES string of the molecule is CC1OOC1CCC[Si](C)(O[Si](C)(C)C)O[Si](C)(C)C. The van der Waals surface area contributed by atoms with Crippen LogP contribution in [0, 0.1) is 0 Å². The first kappa shape index (κ1) is 18.5. The third-order valence-electron chi connectivity index (χ3n) is 3.02. The molecule has 0 aliphatic carbocycles. The van der Waals surface area contributed by atoms with Gasteiger partial charge in [0.1, 0.15) is 12.2 Å². The molecule has 1 heterocycles. The summed E-state index contributed by atoms with van der Waals surface area (Å²) < 4.78 is 13.0. The van der Waals surface area contributed by atoms with Gasteiger partial charge in [-0.3, -0.25) is 0 Å². The van der Waals surface area contributed by atoms with E-state index in [1.165, 1.54) is 0 Å². The second-order valence-electron chi connectivity index (χ2n) is 7.89. The minimum atomic E-state index is -2.07. The van der Waals surface area contributed by atoms with E-state index in [-0.39, 0.29) is 12.2 Å². The third-order valence-corrected chi connectivity index (χ3v) is 12.6. The zero-order chi connectivity index (χ0) is 15.6. The van der Waals surface area contributed by atoms with Gasteiger partial charge in [-0.25, -0.2) is 9.78 Å². The highest BCUT2D eigenvalue weighted by molar-refractivity contribution is 6.87. The van der Waals surface area contributed by atoms with Crippen LogP contribution in [-0.4, -0.2) is 37.4 Å². The Morgan fingerprint density at radius 1 is 0.850 bits per heavy atom. The fourth-order valence-electron chi connectivity index (χ4n) is 2.57. The van der Waals surface area contributed by atoms with Gasteiger partial charge in [-0.1, -0.05) is 0 Å². The van der Waals surface area contributed by atoms with Gasteiger partial charge in [-0.15, -0.1) is 0 Å². The van der Waals surface area contributed by atoms with E-state index in [1.807, 2.05) is 0 Å². The molecular formula is C13H32O4Si3. The highest BCUT2D eigenvalue weighted by Crippen LogP contribution is 2.28. The van der Waals surface area contributed by atoms with Crippen LogP contribution < -0.4 is 0 Å². The van der Waals surface area contributed by atoms with Crippen LogP contribution >= 0.6 is 0 Å². The summed E-state index contributed by atoms with van der Waals surface area (Å²) in [5.74, 6) is 0. The molecular weight excluding hydrogens is 304 g/mol. The summed E-state index contributed by atoms with van der Waals surface area (Å²) in [6.45, 7) is 17.8. The van der Waals surface area contributed by atoms with E-state index in [4.69, 9.17) is 18.0 Å². The molecule has 2 atom stereocenters. The highest BCUT2D eigenvalue weighted by atomic mass is 28.5. The molecule has 4 nitrogen and oxygen atoms in total.